The number of para-hydroxylation sites is 2. The lowest BCUT2D eigenvalue weighted by Gasteiger charge is -2.24. The topological polar surface area (TPSA) is 56.8 Å². The van der Waals surface area contributed by atoms with Gasteiger partial charge in [0.15, 0.2) is 0 Å². The van der Waals surface area contributed by atoms with Gasteiger partial charge in [0.2, 0.25) is 6.29 Å². The third-order valence-electron chi connectivity index (χ3n) is 3.21. The molecule has 1 heterocycles. The third kappa shape index (κ3) is 3.63. The van der Waals surface area contributed by atoms with Crippen LogP contribution in [0.1, 0.15) is 10.4 Å². The van der Waals surface area contributed by atoms with Crippen LogP contribution in [0.4, 0.5) is 5.69 Å². The molecular formula is C17H17NO4. The molecule has 3 rings (SSSR count). The lowest BCUT2D eigenvalue weighted by molar-refractivity contribution is -0.171. The molecule has 0 radical (unpaired) electrons. The van der Waals surface area contributed by atoms with Crippen molar-refractivity contribution in [3.63, 3.8) is 0 Å². The normalized spacial score (nSPS) is 17.7. The molecule has 5 nitrogen and oxygen atoms in total. The van der Waals surface area contributed by atoms with Gasteiger partial charge in [-0.25, -0.2) is 0 Å². The zero-order valence-electron chi connectivity index (χ0n) is 12.0. The number of carbonyl (C=O) groups excluding carboxylic acids is 1. The fraction of sp³-hybridized carbons (Fsp3) is 0.235. The van der Waals surface area contributed by atoms with E-state index < -0.39 is 6.29 Å². The van der Waals surface area contributed by atoms with E-state index in [9.17, 15) is 4.79 Å². The zero-order chi connectivity index (χ0) is 15.2. The number of benzene rings is 2. The van der Waals surface area contributed by atoms with Crippen molar-refractivity contribution in [1.29, 1.82) is 0 Å². The fourth-order valence-corrected chi connectivity index (χ4v) is 2.15. The van der Waals surface area contributed by atoms with Crippen molar-refractivity contribution >= 4 is 11.6 Å². The summed E-state index contributed by atoms with van der Waals surface area (Å²) in [6.45, 7) is 1.41. The lowest BCUT2D eigenvalue weighted by atomic mass is 10.2. The number of ether oxygens (including phenoxy) is 3. The van der Waals surface area contributed by atoms with E-state index in [0.717, 1.165) is 5.69 Å². The average molecular weight is 299 g/mol. The number of hydrogen-bond acceptors (Lipinski definition) is 4. The van der Waals surface area contributed by atoms with Crippen LogP contribution < -0.4 is 10.1 Å². The van der Waals surface area contributed by atoms with Crippen molar-refractivity contribution in [1.82, 2.24) is 0 Å². The van der Waals surface area contributed by atoms with E-state index in [1.54, 1.807) is 18.2 Å². The number of amides is 1. The van der Waals surface area contributed by atoms with Crippen LogP contribution in [0.2, 0.25) is 0 Å². The molecule has 0 spiro atoms. The van der Waals surface area contributed by atoms with Crippen molar-refractivity contribution < 1.29 is 19.0 Å². The van der Waals surface area contributed by atoms with Gasteiger partial charge in [-0.15, -0.1) is 0 Å². The molecule has 0 bridgehead atoms. The third-order valence-corrected chi connectivity index (χ3v) is 3.21. The summed E-state index contributed by atoms with van der Waals surface area (Å²) in [6, 6.07) is 16.4. The second-order valence-corrected chi connectivity index (χ2v) is 4.81. The predicted molar refractivity (Wildman–Crippen MR) is 82.0 cm³/mol. The fourth-order valence-electron chi connectivity index (χ4n) is 2.15. The van der Waals surface area contributed by atoms with Gasteiger partial charge in [-0.1, -0.05) is 30.3 Å². The molecule has 0 saturated carbocycles. The molecule has 1 fully saturated rings. The van der Waals surface area contributed by atoms with Crippen LogP contribution in [-0.2, 0) is 9.47 Å². The summed E-state index contributed by atoms with van der Waals surface area (Å²) < 4.78 is 16.5. The largest absolute Gasteiger partial charge is 0.462 e. The summed E-state index contributed by atoms with van der Waals surface area (Å²) in [4.78, 5) is 12.4. The molecule has 114 valence electrons. The van der Waals surface area contributed by atoms with E-state index in [1.165, 1.54) is 0 Å². The van der Waals surface area contributed by atoms with Crippen LogP contribution in [0, 0.1) is 0 Å². The highest BCUT2D eigenvalue weighted by atomic mass is 16.7. The van der Waals surface area contributed by atoms with E-state index in [4.69, 9.17) is 14.2 Å². The quantitative estimate of drug-likeness (QED) is 0.943. The van der Waals surface area contributed by atoms with Crippen LogP contribution >= 0.6 is 0 Å². The molecular weight excluding hydrogens is 282 g/mol. The summed E-state index contributed by atoms with van der Waals surface area (Å²) in [7, 11) is 0. The molecule has 22 heavy (non-hydrogen) atoms. The first-order valence-corrected chi connectivity index (χ1v) is 7.14. The van der Waals surface area contributed by atoms with Gasteiger partial charge in [0.1, 0.15) is 12.4 Å². The predicted octanol–water partition coefficient (Wildman–Crippen LogP) is 2.69. The highest BCUT2D eigenvalue weighted by molar-refractivity contribution is 6.06. The Labute approximate surface area is 128 Å². The van der Waals surface area contributed by atoms with Gasteiger partial charge >= 0.3 is 0 Å². The number of carbonyl (C=O) groups is 1. The molecule has 1 amide bonds. The second kappa shape index (κ2) is 7.06. The Bertz CT molecular complexity index is 624. The average Bonchev–Trinajstić information content (AvgIpc) is 2.57. The molecule has 1 aliphatic rings. The van der Waals surface area contributed by atoms with Crippen molar-refractivity contribution in [2.24, 2.45) is 0 Å². The van der Waals surface area contributed by atoms with E-state index in [1.807, 2.05) is 36.4 Å². The van der Waals surface area contributed by atoms with Crippen molar-refractivity contribution in [3.8, 4) is 5.75 Å². The Morgan fingerprint density at radius 1 is 1.05 bits per heavy atom. The first-order chi connectivity index (χ1) is 10.8. The van der Waals surface area contributed by atoms with Gasteiger partial charge in [-0.05, 0) is 24.3 Å². The van der Waals surface area contributed by atoms with E-state index in [-0.39, 0.29) is 5.91 Å². The highest BCUT2D eigenvalue weighted by Gasteiger charge is 2.19. The van der Waals surface area contributed by atoms with Gasteiger partial charge in [0.25, 0.3) is 5.91 Å². The molecule has 2 aromatic rings. The minimum Gasteiger partial charge on any atom is -0.462 e. The SMILES string of the molecule is O=C(Nc1ccccc1)c1ccccc1OC1COCCO1. The van der Waals surface area contributed by atoms with Gasteiger partial charge in [0.05, 0.1) is 18.8 Å². The van der Waals surface area contributed by atoms with Crippen LogP contribution in [0.5, 0.6) is 5.75 Å². The standard InChI is InChI=1S/C17H17NO4/c19-17(18-13-6-2-1-3-7-13)14-8-4-5-9-15(14)22-16-12-20-10-11-21-16/h1-9,16H,10-12H2,(H,18,19). The first kappa shape index (κ1) is 14.6. The van der Waals surface area contributed by atoms with E-state index in [2.05, 4.69) is 5.32 Å². The molecule has 1 N–H and O–H groups in total. The Kier molecular flexibility index (Phi) is 4.68. The van der Waals surface area contributed by atoms with Crippen molar-refractivity contribution in [2.45, 2.75) is 6.29 Å². The number of hydrogen-bond donors (Lipinski definition) is 1. The monoisotopic (exact) mass is 299 g/mol. The molecule has 0 aromatic heterocycles. The molecule has 2 aromatic carbocycles. The number of rotatable bonds is 4. The van der Waals surface area contributed by atoms with Gasteiger partial charge in [0, 0.05) is 5.69 Å². The minimum absolute atomic E-state index is 0.224. The highest BCUT2D eigenvalue weighted by Crippen LogP contribution is 2.22. The number of nitrogens with one attached hydrogen (secondary N) is 1. The molecule has 1 aliphatic heterocycles. The van der Waals surface area contributed by atoms with Gasteiger partial charge in [-0.2, -0.15) is 0 Å². The minimum atomic E-state index is -0.487. The zero-order valence-corrected chi connectivity index (χ0v) is 12.0. The molecule has 1 atom stereocenters. The Balaban J connectivity index is 1.74. The first-order valence-electron chi connectivity index (χ1n) is 7.14. The molecule has 1 saturated heterocycles. The van der Waals surface area contributed by atoms with Crippen LogP contribution in [0.25, 0.3) is 0 Å². The summed E-state index contributed by atoms with van der Waals surface area (Å²) in [5.41, 5.74) is 1.19. The summed E-state index contributed by atoms with van der Waals surface area (Å²) in [5.74, 6) is 0.255. The van der Waals surface area contributed by atoms with Crippen LogP contribution in [0.3, 0.4) is 0 Å². The van der Waals surface area contributed by atoms with E-state index >= 15 is 0 Å². The maximum absolute atomic E-state index is 12.4. The van der Waals surface area contributed by atoms with Crippen LogP contribution in [-0.4, -0.2) is 32.0 Å². The summed E-state index contributed by atoms with van der Waals surface area (Å²) in [5, 5.41) is 2.84. The van der Waals surface area contributed by atoms with Gasteiger partial charge < -0.3 is 19.5 Å². The molecule has 0 aliphatic carbocycles. The maximum atomic E-state index is 12.4. The Morgan fingerprint density at radius 3 is 2.59 bits per heavy atom. The summed E-state index contributed by atoms with van der Waals surface area (Å²) in [6.07, 6.45) is -0.487. The van der Waals surface area contributed by atoms with E-state index in [0.29, 0.717) is 31.1 Å². The Hall–Kier alpha value is -2.37. The molecule has 1 unspecified atom stereocenters. The second-order valence-electron chi connectivity index (χ2n) is 4.81. The van der Waals surface area contributed by atoms with Crippen molar-refractivity contribution in [2.75, 3.05) is 25.1 Å². The molecule has 5 heteroatoms. The van der Waals surface area contributed by atoms with Crippen LogP contribution in [0.15, 0.2) is 54.6 Å². The van der Waals surface area contributed by atoms with Gasteiger partial charge in [-0.3, -0.25) is 4.79 Å². The van der Waals surface area contributed by atoms with Crippen molar-refractivity contribution in [3.05, 3.63) is 60.2 Å². The Morgan fingerprint density at radius 2 is 1.82 bits per heavy atom. The smallest absolute Gasteiger partial charge is 0.259 e. The maximum Gasteiger partial charge on any atom is 0.259 e. The lowest BCUT2D eigenvalue weighted by Crippen LogP contribution is -2.33. The summed E-state index contributed by atoms with van der Waals surface area (Å²) >= 11 is 0. The number of anilines is 1.